The molecule has 1 atom stereocenters. The first-order chi connectivity index (χ1) is 12.1. The van der Waals surface area contributed by atoms with Gasteiger partial charge in [-0.1, -0.05) is 6.07 Å². The molecule has 0 saturated carbocycles. The molecule has 0 fully saturated rings. The Morgan fingerprint density at radius 3 is 2.54 bits per heavy atom. The number of alkyl halides is 3. The first-order valence-corrected chi connectivity index (χ1v) is 7.08. The first kappa shape index (κ1) is 19.2. The molecule has 11 heteroatoms. The Morgan fingerprint density at radius 2 is 2.04 bits per heavy atom. The molecule has 0 saturated heterocycles. The zero-order valence-corrected chi connectivity index (χ0v) is 13.2. The number of halogens is 4. The summed E-state index contributed by atoms with van der Waals surface area (Å²) < 4.78 is 56.6. The van der Waals surface area contributed by atoms with E-state index in [1.54, 1.807) is 0 Å². The molecule has 0 radical (unpaired) electrons. The first-order valence-electron chi connectivity index (χ1n) is 7.08. The predicted octanol–water partition coefficient (Wildman–Crippen LogP) is 1.99. The third-order valence-electron chi connectivity index (χ3n) is 3.30. The normalized spacial score (nSPS) is 12.5. The predicted molar refractivity (Wildman–Crippen MR) is 78.7 cm³/mol. The number of nitrogens with one attached hydrogen (secondary N) is 1. The van der Waals surface area contributed by atoms with Crippen LogP contribution in [-0.4, -0.2) is 33.9 Å². The molecule has 0 aliphatic heterocycles. The Kier molecular flexibility index (Phi) is 5.48. The summed E-state index contributed by atoms with van der Waals surface area (Å²) in [6, 6.07) is 2.40. The number of hydrogen-bond acceptors (Lipinski definition) is 4. The van der Waals surface area contributed by atoms with E-state index in [1.165, 1.54) is 19.2 Å². The number of aromatic nitrogens is 2. The molecule has 1 heterocycles. The number of carbonyl (C=O) groups is 2. The Hall–Kier alpha value is -3.11. The number of aliphatic carboxylic acids is 1. The molecule has 2 rings (SSSR count). The van der Waals surface area contributed by atoms with Crippen molar-refractivity contribution in [1.82, 2.24) is 15.1 Å². The molecule has 2 aromatic rings. The summed E-state index contributed by atoms with van der Waals surface area (Å²) in [5, 5.41) is 14.5. The van der Waals surface area contributed by atoms with Crippen molar-refractivity contribution in [2.24, 2.45) is 0 Å². The lowest BCUT2D eigenvalue weighted by Gasteiger charge is -2.16. The van der Waals surface area contributed by atoms with Gasteiger partial charge < -0.3 is 15.2 Å². The molecule has 0 aliphatic rings. The van der Waals surface area contributed by atoms with Crippen LogP contribution in [-0.2, 0) is 22.3 Å². The molecule has 0 spiro atoms. The summed E-state index contributed by atoms with van der Waals surface area (Å²) in [6.07, 6.45) is -3.73. The third kappa shape index (κ3) is 4.49. The minimum atomic E-state index is -4.66. The molecular formula is C15H13F4N3O4. The highest BCUT2D eigenvalue weighted by molar-refractivity contribution is 5.84. The summed E-state index contributed by atoms with van der Waals surface area (Å²) in [7, 11) is 1.23. The van der Waals surface area contributed by atoms with Gasteiger partial charge in [0.1, 0.15) is 6.54 Å². The number of carboxylic acids is 1. The van der Waals surface area contributed by atoms with Crippen LogP contribution in [0.2, 0.25) is 0 Å². The molecule has 26 heavy (non-hydrogen) atoms. The number of amides is 1. The molecule has 7 nitrogen and oxygen atoms in total. The maximum atomic E-state index is 13.7. The summed E-state index contributed by atoms with van der Waals surface area (Å²) in [5.41, 5.74) is -1.25. The monoisotopic (exact) mass is 375 g/mol. The Bertz CT molecular complexity index is 819. The van der Waals surface area contributed by atoms with Crippen LogP contribution in [0.3, 0.4) is 0 Å². The van der Waals surface area contributed by atoms with Crippen LogP contribution < -0.4 is 10.1 Å². The fourth-order valence-electron chi connectivity index (χ4n) is 2.10. The second-order valence-corrected chi connectivity index (χ2v) is 5.13. The van der Waals surface area contributed by atoms with Crippen molar-refractivity contribution >= 4 is 11.9 Å². The lowest BCUT2D eigenvalue weighted by Crippen LogP contribution is -2.36. The summed E-state index contributed by atoms with van der Waals surface area (Å²) >= 11 is 0. The van der Waals surface area contributed by atoms with Crippen molar-refractivity contribution in [3.63, 3.8) is 0 Å². The smallest absolute Gasteiger partial charge is 0.435 e. The number of ether oxygens (including phenoxy) is 1. The number of methoxy groups -OCH3 is 1. The van der Waals surface area contributed by atoms with E-state index in [0.29, 0.717) is 10.7 Å². The van der Waals surface area contributed by atoms with Crippen LogP contribution in [0.4, 0.5) is 17.6 Å². The number of carbonyl (C=O) groups excluding carboxylic acids is 1. The van der Waals surface area contributed by atoms with E-state index >= 15 is 0 Å². The number of nitrogens with zero attached hydrogens (tertiary/aromatic N) is 2. The van der Waals surface area contributed by atoms with Crippen LogP contribution in [0, 0.1) is 5.82 Å². The maximum absolute atomic E-state index is 13.7. The summed E-state index contributed by atoms with van der Waals surface area (Å²) in [6.45, 7) is -0.640. The fourth-order valence-corrected chi connectivity index (χ4v) is 2.10. The van der Waals surface area contributed by atoms with E-state index in [4.69, 9.17) is 4.74 Å². The summed E-state index contributed by atoms with van der Waals surface area (Å²) in [4.78, 5) is 23.3. The van der Waals surface area contributed by atoms with E-state index in [1.807, 2.05) is 0 Å². The molecule has 1 aromatic carbocycles. The van der Waals surface area contributed by atoms with Crippen LogP contribution in [0.15, 0.2) is 30.5 Å². The molecular weight excluding hydrogens is 362 g/mol. The van der Waals surface area contributed by atoms with Gasteiger partial charge in [-0.05, 0) is 23.8 Å². The molecule has 1 amide bonds. The standard InChI is InChI=1S/C15H13F4N3O4/c1-26-10-3-2-8(6-9(10)16)13(14(24)25)20-12(23)7-22-5-4-11(21-22)15(17,18)19/h2-6,13H,7H2,1H3,(H,20,23)(H,24,25). The van der Waals surface area contributed by atoms with Gasteiger partial charge >= 0.3 is 12.1 Å². The number of hydrogen-bond donors (Lipinski definition) is 2. The number of rotatable bonds is 6. The Morgan fingerprint density at radius 1 is 1.35 bits per heavy atom. The van der Waals surface area contributed by atoms with Gasteiger partial charge in [-0.25, -0.2) is 9.18 Å². The van der Waals surface area contributed by atoms with E-state index in [-0.39, 0.29) is 11.3 Å². The van der Waals surface area contributed by atoms with Gasteiger partial charge in [0.2, 0.25) is 5.91 Å². The zero-order valence-electron chi connectivity index (χ0n) is 13.2. The Labute approximate surface area is 144 Å². The summed E-state index contributed by atoms with van der Waals surface area (Å²) in [5.74, 6) is -3.32. The SMILES string of the molecule is COc1ccc(C(NC(=O)Cn2ccc(C(F)(F)F)n2)C(=O)O)cc1F. The van der Waals surface area contributed by atoms with Gasteiger partial charge in [-0.15, -0.1) is 0 Å². The molecule has 1 aromatic heterocycles. The number of carboxylic acid groups (broad SMARTS) is 1. The van der Waals surface area contributed by atoms with Gasteiger partial charge in [0.25, 0.3) is 0 Å². The highest BCUT2D eigenvalue weighted by atomic mass is 19.4. The minimum Gasteiger partial charge on any atom is -0.494 e. The van der Waals surface area contributed by atoms with Crippen molar-refractivity contribution in [2.45, 2.75) is 18.8 Å². The van der Waals surface area contributed by atoms with E-state index < -0.39 is 42.2 Å². The van der Waals surface area contributed by atoms with Crippen molar-refractivity contribution in [2.75, 3.05) is 7.11 Å². The molecule has 0 bridgehead atoms. The van der Waals surface area contributed by atoms with E-state index in [9.17, 15) is 32.3 Å². The Balaban J connectivity index is 2.12. The molecule has 2 N–H and O–H groups in total. The minimum absolute atomic E-state index is 0.0689. The molecule has 140 valence electrons. The molecule has 1 unspecified atom stereocenters. The third-order valence-corrected chi connectivity index (χ3v) is 3.30. The van der Waals surface area contributed by atoms with Crippen molar-refractivity contribution in [3.8, 4) is 5.75 Å². The van der Waals surface area contributed by atoms with Gasteiger partial charge in [-0.3, -0.25) is 9.48 Å². The van der Waals surface area contributed by atoms with E-state index in [2.05, 4.69) is 10.4 Å². The molecule has 0 aliphatic carbocycles. The lowest BCUT2D eigenvalue weighted by atomic mass is 10.1. The number of benzene rings is 1. The second kappa shape index (κ2) is 7.42. The maximum Gasteiger partial charge on any atom is 0.435 e. The van der Waals surface area contributed by atoms with E-state index in [0.717, 1.165) is 12.3 Å². The highest BCUT2D eigenvalue weighted by Crippen LogP contribution is 2.27. The van der Waals surface area contributed by atoms with Crippen molar-refractivity contribution in [3.05, 3.63) is 47.5 Å². The van der Waals surface area contributed by atoms with Crippen LogP contribution in [0.25, 0.3) is 0 Å². The largest absolute Gasteiger partial charge is 0.494 e. The van der Waals surface area contributed by atoms with Crippen LogP contribution in [0.1, 0.15) is 17.3 Å². The quantitative estimate of drug-likeness (QED) is 0.754. The highest BCUT2D eigenvalue weighted by Gasteiger charge is 2.33. The van der Waals surface area contributed by atoms with Gasteiger partial charge in [-0.2, -0.15) is 18.3 Å². The van der Waals surface area contributed by atoms with Crippen LogP contribution >= 0.6 is 0 Å². The fraction of sp³-hybridized carbons (Fsp3) is 0.267. The van der Waals surface area contributed by atoms with Crippen molar-refractivity contribution in [1.29, 1.82) is 0 Å². The van der Waals surface area contributed by atoms with Gasteiger partial charge in [0, 0.05) is 6.20 Å². The lowest BCUT2D eigenvalue weighted by molar-refractivity contribution is -0.142. The zero-order chi connectivity index (χ0) is 19.5. The average Bonchev–Trinajstić information content (AvgIpc) is 3.01. The van der Waals surface area contributed by atoms with Crippen molar-refractivity contribution < 1.29 is 37.0 Å². The van der Waals surface area contributed by atoms with Gasteiger partial charge in [0.15, 0.2) is 23.3 Å². The average molecular weight is 375 g/mol. The second-order valence-electron chi connectivity index (χ2n) is 5.13. The topological polar surface area (TPSA) is 93.5 Å². The van der Waals surface area contributed by atoms with Crippen LogP contribution in [0.5, 0.6) is 5.75 Å². The van der Waals surface area contributed by atoms with Gasteiger partial charge in [0.05, 0.1) is 7.11 Å².